The summed E-state index contributed by atoms with van der Waals surface area (Å²) in [6.45, 7) is 1.71. The van der Waals surface area contributed by atoms with Crippen molar-refractivity contribution in [3.05, 3.63) is 113 Å². The predicted molar refractivity (Wildman–Crippen MR) is 145 cm³/mol. The van der Waals surface area contributed by atoms with E-state index in [0.29, 0.717) is 22.0 Å². The van der Waals surface area contributed by atoms with Crippen molar-refractivity contribution in [2.45, 2.75) is 16.7 Å². The standard InChI is InChI=1S/C26H22ClN3O5S2/c1-18-24(27)11-6-12-25(18)30-37(34,35)23-15-13-20(14-16-23)28-26(31)19-7-5-8-21(17-19)29-36(32,33)22-9-3-2-4-10-22/h2-17,29-30H,1H3,(H,28,31). The van der Waals surface area contributed by atoms with Gasteiger partial charge in [0.1, 0.15) is 0 Å². The van der Waals surface area contributed by atoms with E-state index in [2.05, 4.69) is 14.8 Å². The van der Waals surface area contributed by atoms with E-state index < -0.39 is 26.0 Å². The molecule has 0 heterocycles. The summed E-state index contributed by atoms with van der Waals surface area (Å²) in [6, 6.07) is 24.5. The van der Waals surface area contributed by atoms with Crippen molar-refractivity contribution in [1.29, 1.82) is 0 Å². The first-order chi connectivity index (χ1) is 17.5. The van der Waals surface area contributed by atoms with E-state index in [1.54, 1.807) is 49.4 Å². The highest BCUT2D eigenvalue weighted by Crippen LogP contribution is 2.26. The molecular weight excluding hydrogens is 534 g/mol. The minimum absolute atomic E-state index is 0.00203. The minimum Gasteiger partial charge on any atom is -0.322 e. The summed E-state index contributed by atoms with van der Waals surface area (Å²) in [7, 11) is -7.70. The molecule has 190 valence electrons. The maximum absolute atomic E-state index is 12.8. The van der Waals surface area contributed by atoms with Gasteiger partial charge in [-0.3, -0.25) is 14.2 Å². The molecule has 37 heavy (non-hydrogen) atoms. The molecule has 0 atom stereocenters. The summed E-state index contributed by atoms with van der Waals surface area (Å²) in [5.74, 6) is -0.496. The average Bonchev–Trinajstić information content (AvgIpc) is 2.87. The van der Waals surface area contributed by atoms with Crippen LogP contribution in [-0.4, -0.2) is 22.7 Å². The number of carbonyl (C=O) groups excluding carboxylic acids is 1. The lowest BCUT2D eigenvalue weighted by molar-refractivity contribution is 0.102. The Morgan fingerprint density at radius 1 is 0.676 bits per heavy atom. The zero-order chi connectivity index (χ0) is 26.6. The fraction of sp³-hybridized carbons (Fsp3) is 0.0385. The molecule has 3 N–H and O–H groups in total. The molecule has 8 nitrogen and oxygen atoms in total. The van der Waals surface area contributed by atoms with Crippen molar-refractivity contribution < 1.29 is 21.6 Å². The van der Waals surface area contributed by atoms with Gasteiger partial charge in [-0.05, 0) is 79.2 Å². The monoisotopic (exact) mass is 555 g/mol. The maximum atomic E-state index is 12.8. The molecule has 0 saturated carbocycles. The van der Waals surface area contributed by atoms with Gasteiger partial charge in [0.25, 0.3) is 26.0 Å². The SMILES string of the molecule is Cc1c(Cl)cccc1NS(=O)(=O)c1ccc(NC(=O)c2cccc(NS(=O)(=O)c3ccccc3)c2)cc1. The fourth-order valence-electron chi connectivity index (χ4n) is 3.38. The number of sulfonamides is 2. The minimum atomic E-state index is -3.88. The molecule has 0 unspecified atom stereocenters. The second-order valence-electron chi connectivity index (χ2n) is 8.00. The normalized spacial score (nSPS) is 11.5. The van der Waals surface area contributed by atoms with Gasteiger partial charge in [0, 0.05) is 22.0 Å². The zero-order valence-corrected chi connectivity index (χ0v) is 21.9. The first-order valence-electron chi connectivity index (χ1n) is 10.9. The highest BCUT2D eigenvalue weighted by Gasteiger charge is 2.17. The lowest BCUT2D eigenvalue weighted by Gasteiger charge is -2.12. The molecule has 0 aliphatic heterocycles. The van der Waals surface area contributed by atoms with E-state index >= 15 is 0 Å². The molecule has 0 aliphatic rings. The van der Waals surface area contributed by atoms with Crippen molar-refractivity contribution in [2.75, 3.05) is 14.8 Å². The van der Waals surface area contributed by atoms with Crippen LogP contribution in [0.1, 0.15) is 15.9 Å². The Morgan fingerprint density at radius 3 is 2.00 bits per heavy atom. The summed E-state index contributed by atoms with van der Waals surface area (Å²) in [6.07, 6.45) is 0. The third-order valence-corrected chi connectivity index (χ3v) is 8.55. The molecule has 0 aliphatic carbocycles. The largest absolute Gasteiger partial charge is 0.322 e. The number of rotatable bonds is 8. The molecule has 4 aromatic carbocycles. The molecule has 0 aromatic heterocycles. The molecule has 4 aromatic rings. The van der Waals surface area contributed by atoms with E-state index in [9.17, 15) is 21.6 Å². The van der Waals surface area contributed by atoms with Crippen LogP contribution < -0.4 is 14.8 Å². The second kappa shape index (κ2) is 10.6. The predicted octanol–water partition coefficient (Wildman–Crippen LogP) is 5.50. The Balaban J connectivity index is 1.46. The number of halogens is 1. The number of benzene rings is 4. The van der Waals surface area contributed by atoms with E-state index in [-0.39, 0.29) is 21.0 Å². The van der Waals surface area contributed by atoms with Crippen LogP contribution >= 0.6 is 11.6 Å². The molecule has 0 radical (unpaired) electrons. The number of hydrogen-bond acceptors (Lipinski definition) is 5. The van der Waals surface area contributed by atoms with Crippen LogP contribution in [-0.2, 0) is 20.0 Å². The Kier molecular flexibility index (Phi) is 7.53. The second-order valence-corrected chi connectivity index (χ2v) is 11.8. The lowest BCUT2D eigenvalue weighted by Crippen LogP contribution is -2.16. The number of nitrogens with one attached hydrogen (secondary N) is 3. The van der Waals surface area contributed by atoms with Crippen LogP contribution in [0.2, 0.25) is 5.02 Å². The molecule has 4 rings (SSSR count). The van der Waals surface area contributed by atoms with E-state index in [0.717, 1.165) is 0 Å². The molecule has 1 amide bonds. The van der Waals surface area contributed by atoms with Crippen LogP contribution in [0.5, 0.6) is 0 Å². The Labute approximate surface area is 220 Å². The summed E-state index contributed by atoms with van der Waals surface area (Å²) in [5, 5.41) is 3.12. The topological polar surface area (TPSA) is 121 Å². The van der Waals surface area contributed by atoms with Crippen LogP contribution in [0.15, 0.2) is 107 Å². The number of hydrogen-bond donors (Lipinski definition) is 3. The van der Waals surface area contributed by atoms with Crippen molar-refractivity contribution in [1.82, 2.24) is 0 Å². The smallest absolute Gasteiger partial charge is 0.261 e. The van der Waals surface area contributed by atoms with Crippen molar-refractivity contribution in [3.63, 3.8) is 0 Å². The summed E-state index contributed by atoms with van der Waals surface area (Å²) < 4.78 is 55.6. The van der Waals surface area contributed by atoms with Gasteiger partial charge in [0.15, 0.2) is 0 Å². The van der Waals surface area contributed by atoms with Gasteiger partial charge in [0.2, 0.25) is 0 Å². The highest BCUT2D eigenvalue weighted by atomic mass is 35.5. The third kappa shape index (κ3) is 6.29. The van der Waals surface area contributed by atoms with Gasteiger partial charge in [-0.15, -0.1) is 0 Å². The molecule has 11 heteroatoms. The van der Waals surface area contributed by atoms with Crippen LogP contribution in [0.25, 0.3) is 0 Å². The van der Waals surface area contributed by atoms with E-state index in [4.69, 9.17) is 11.6 Å². The Bertz CT molecular complexity index is 1660. The van der Waals surface area contributed by atoms with Gasteiger partial charge in [-0.25, -0.2) is 16.8 Å². The fourth-order valence-corrected chi connectivity index (χ4v) is 5.75. The third-order valence-electron chi connectivity index (χ3n) is 5.36. The van der Waals surface area contributed by atoms with Crippen molar-refractivity contribution in [2.24, 2.45) is 0 Å². The van der Waals surface area contributed by atoms with Gasteiger partial charge < -0.3 is 5.32 Å². The van der Waals surface area contributed by atoms with Crippen molar-refractivity contribution in [3.8, 4) is 0 Å². The Hall–Kier alpha value is -3.86. The van der Waals surface area contributed by atoms with Gasteiger partial charge in [-0.2, -0.15) is 0 Å². The summed E-state index contributed by atoms with van der Waals surface area (Å²) >= 11 is 6.07. The Morgan fingerprint density at radius 2 is 1.30 bits per heavy atom. The highest BCUT2D eigenvalue weighted by molar-refractivity contribution is 7.93. The van der Waals surface area contributed by atoms with Crippen LogP contribution in [0, 0.1) is 6.92 Å². The summed E-state index contributed by atoms with van der Waals surface area (Å²) in [5.41, 5.74) is 1.76. The van der Waals surface area contributed by atoms with E-state index in [1.165, 1.54) is 54.6 Å². The van der Waals surface area contributed by atoms with Gasteiger partial charge in [0.05, 0.1) is 15.5 Å². The molecular formula is C26H22ClN3O5S2. The number of amides is 1. The summed E-state index contributed by atoms with van der Waals surface area (Å²) in [4.78, 5) is 12.9. The van der Waals surface area contributed by atoms with Gasteiger partial charge >= 0.3 is 0 Å². The molecule has 0 bridgehead atoms. The first kappa shape index (κ1) is 26.2. The van der Waals surface area contributed by atoms with Crippen LogP contribution in [0.3, 0.4) is 0 Å². The average molecular weight is 556 g/mol. The van der Waals surface area contributed by atoms with E-state index in [1.807, 2.05) is 0 Å². The van der Waals surface area contributed by atoms with Crippen molar-refractivity contribution >= 4 is 54.6 Å². The molecule has 0 saturated heterocycles. The van der Waals surface area contributed by atoms with Gasteiger partial charge in [-0.1, -0.05) is 41.9 Å². The maximum Gasteiger partial charge on any atom is 0.261 e. The quantitative estimate of drug-likeness (QED) is 0.265. The lowest BCUT2D eigenvalue weighted by atomic mass is 10.2. The number of anilines is 3. The first-order valence-corrected chi connectivity index (χ1v) is 14.3. The number of carbonyl (C=O) groups is 1. The zero-order valence-electron chi connectivity index (χ0n) is 19.5. The molecule has 0 spiro atoms. The van der Waals surface area contributed by atoms with Crippen LogP contribution in [0.4, 0.5) is 17.1 Å². The molecule has 0 fully saturated rings.